The van der Waals surface area contributed by atoms with Crippen LogP contribution in [0.2, 0.25) is 0 Å². The number of hydrogen-bond acceptors (Lipinski definition) is 4. The minimum absolute atomic E-state index is 0.0131. The highest BCUT2D eigenvalue weighted by Crippen LogP contribution is 2.35. The Labute approximate surface area is 138 Å². The number of carbonyl (C=O) groups excluding carboxylic acids is 1. The van der Waals surface area contributed by atoms with Crippen LogP contribution in [0.4, 0.5) is 13.2 Å². The number of alkyl halides is 3. The molecule has 1 aromatic carbocycles. The minimum atomic E-state index is -4.58. The van der Waals surface area contributed by atoms with Crippen LogP contribution in [0.3, 0.4) is 0 Å². The number of amides is 1. The van der Waals surface area contributed by atoms with Crippen molar-refractivity contribution in [1.29, 1.82) is 0 Å². The molecule has 0 radical (unpaired) electrons. The van der Waals surface area contributed by atoms with Crippen LogP contribution >= 0.6 is 0 Å². The summed E-state index contributed by atoms with van der Waals surface area (Å²) in [5, 5.41) is 0. The van der Waals surface area contributed by atoms with Gasteiger partial charge in [0.25, 0.3) is 5.91 Å². The van der Waals surface area contributed by atoms with Crippen molar-refractivity contribution >= 4 is 15.7 Å². The third-order valence-corrected chi connectivity index (χ3v) is 5.60. The molecule has 0 bridgehead atoms. The Morgan fingerprint density at radius 1 is 1.33 bits per heavy atom. The number of para-hydroxylation sites is 1. The zero-order chi connectivity index (χ0) is 18.0. The summed E-state index contributed by atoms with van der Waals surface area (Å²) in [5.41, 5.74) is -0.954. The van der Waals surface area contributed by atoms with E-state index in [-0.39, 0.29) is 18.1 Å². The fraction of sp³-hybridized carbons (Fsp3) is 0.533. The molecule has 0 saturated carbocycles. The average molecular weight is 365 g/mol. The number of carbonyl (C=O) groups is 1. The molecule has 1 aliphatic rings. The van der Waals surface area contributed by atoms with Crippen molar-refractivity contribution in [1.82, 2.24) is 4.90 Å². The third-order valence-electron chi connectivity index (χ3n) is 3.85. The van der Waals surface area contributed by atoms with Gasteiger partial charge in [0.1, 0.15) is 5.75 Å². The Hall–Kier alpha value is -1.77. The molecular formula is C15H18F3NO4S. The first-order chi connectivity index (χ1) is 11.1. The van der Waals surface area contributed by atoms with E-state index in [2.05, 4.69) is 0 Å². The van der Waals surface area contributed by atoms with Crippen molar-refractivity contribution in [2.75, 3.05) is 24.7 Å². The molecule has 5 nitrogen and oxygen atoms in total. The van der Waals surface area contributed by atoms with E-state index in [1.807, 2.05) is 0 Å². The first-order valence-corrected chi connectivity index (χ1v) is 9.25. The smallest absolute Gasteiger partial charge is 0.419 e. The van der Waals surface area contributed by atoms with E-state index in [9.17, 15) is 26.4 Å². The van der Waals surface area contributed by atoms with Crippen LogP contribution < -0.4 is 4.74 Å². The highest BCUT2D eigenvalue weighted by Gasteiger charge is 2.36. The molecule has 0 spiro atoms. The van der Waals surface area contributed by atoms with E-state index < -0.39 is 45.9 Å². The van der Waals surface area contributed by atoms with Crippen molar-refractivity contribution in [3.8, 4) is 5.75 Å². The van der Waals surface area contributed by atoms with Gasteiger partial charge in [-0.2, -0.15) is 13.2 Å². The highest BCUT2D eigenvalue weighted by molar-refractivity contribution is 7.91. The van der Waals surface area contributed by atoms with E-state index >= 15 is 0 Å². The van der Waals surface area contributed by atoms with Crippen molar-refractivity contribution in [2.24, 2.45) is 0 Å². The van der Waals surface area contributed by atoms with Gasteiger partial charge in [0, 0.05) is 12.6 Å². The van der Waals surface area contributed by atoms with E-state index in [0.29, 0.717) is 6.42 Å². The zero-order valence-corrected chi connectivity index (χ0v) is 13.9. The summed E-state index contributed by atoms with van der Waals surface area (Å²) in [4.78, 5) is 13.6. The Morgan fingerprint density at radius 2 is 2.00 bits per heavy atom. The molecule has 0 aliphatic carbocycles. The van der Waals surface area contributed by atoms with Crippen LogP contribution in [0.5, 0.6) is 5.75 Å². The molecule has 134 valence electrons. The van der Waals surface area contributed by atoms with Crippen molar-refractivity contribution in [3.63, 3.8) is 0 Å². The number of rotatable bonds is 5. The Kier molecular flexibility index (Phi) is 5.42. The van der Waals surface area contributed by atoms with Gasteiger partial charge in [-0.1, -0.05) is 12.1 Å². The quantitative estimate of drug-likeness (QED) is 0.802. The van der Waals surface area contributed by atoms with Gasteiger partial charge in [-0.05, 0) is 25.5 Å². The minimum Gasteiger partial charge on any atom is -0.483 e. The van der Waals surface area contributed by atoms with Crippen molar-refractivity contribution in [3.05, 3.63) is 29.8 Å². The maximum absolute atomic E-state index is 12.9. The third kappa shape index (κ3) is 4.40. The Bertz CT molecular complexity index is 703. The largest absolute Gasteiger partial charge is 0.483 e. The van der Waals surface area contributed by atoms with Crippen molar-refractivity contribution in [2.45, 2.75) is 25.6 Å². The number of hydrogen-bond donors (Lipinski definition) is 0. The molecule has 0 aromatic heterocycles. The Balaban J connectivity index is 2.05. The average Bonchev–Trinajstić information content (AvgIpc) is 2.85. The lowest BCUT2D eigenvalue weighted by molar-refractivity contribution is -0.141. The van der Waals surface area contributed by atoms with Crippen LogP contribution in [0, 0.1) is 0 Å². The first-order valence-electron chi connectivity index (χ1n) is 7.43. The number of halogens is 3. The van der Waals surface area contributed by atoms with Crippen LogP contribution in [0.25, 0.3) is 0 Å². The number of nitrogens with zero attached hydrogens (tertiary/aromatic N) is 1. The molecule has 1 aliphatic heterocycles. The van der Waals surface area contributed by atoms with Crippen LogP contribution in [-0.4, -0.2) is 49.9 Å². The number of benzene rings is 1. The van der Waals surface area contributed by atoms with E-state index in [1.165, 1.54) is 17.0 Å². The molecule has 1 unspecified atom stereocenters. The van der Waals surface area contributed by atoms with Gasteiger partial charge >= 0.3 is 6.18 Å². The number of ether oxygens (including phenoxy) is 1. The molecule has 2 rings (SSSR count). The SMILES string of the molecule is CCN(C(=O)COc1ccccc1C(F)(F)F)C1CCS(=O)(=O)C1. The van der Waals surface area contributed by atoms with Gasteiger partial charge < -0.3 is 9.64 Å². The molecule has 1 amide bonds. The van der Waals surface area contributed by atoms with Crippen molar-refractivity contribution < 1.29 is 31.1 Å². The molecule has 0 N–H and O–H groups in total. The molecule has 1 aromatic rings. The number of sulfone groups is 1. The second-order valence-corrected chi connectivity index (χ2v) is 7.75. The lowest BCUT2D eigenvalue weighted by atomic mass is 10.2. The lowest BCUT2D eigenvalue weighted by Gasteiger charge is -2.27. The van der Waals surface area contributed by atoms with Gasteiger partial charge in [0.05, 0.1) is 17.1 Å². The van der Waals surface area contributed by atoms with E-state index in [4.69, 9.17) is 4.74 Å². The monoisotopic (exact) mass is 365 g/mol. The van der Waals surface area contributed by atoms with E-state index in [1.54, 1.807) is 6.92 Å². The molecule has 1 fully saturated rings. The van der Waals surface area contributed by atoms with Gasteiger partial charge in [0.15, 0.2) is 16.4 Å². The van der Waals surface area contributed by atoms with Crippen LogP contribution in [0.15, 0.2) is 24.3 Å². The topological polar surface area (TPSA) is 63.7 Å². The summed E-state index contributed by atoms with van der Waals surface area (Å²) in [6, 6.07) is 4.19. The van der Waals surface area contributed by atoms with Crippen LogP contribution in [0.1, 0.15) is 18.9 Å². The molecule has 1 atom stereocenters. The first kappa shape index (κ1) is 18.6. The maximum Gasteiger partial charge on any atom is 0.419 e. The molecular weight excluding hydrogens is 347 g/mol. The number of likely N-dealkylation sites (N-methyl/N-ethyl adjacent to an activating group) is 1. The fourth-order valence-electron chi connectivity index (χ4n) is 2.71. The molecule has 24 heavy (non-hydrogen) atoms. The van der Waals surface area contributed by atoms with Gasteiger partial charge in [-0.15, -0.1) is 0 Å². The standard InChI is InChI=1S/C15H18F3NO4S/c1-2-19(11-7-8-24(21,22)10-11)14(20)9-23-13-6-4-3-5-12(13)15(16,17)18/h3-6,11H,2,7-10H2,1H3. The fourth-order valence-corrected chi connectivity index (χ4v) is 4.44. The predicted octanol–water partition coefficient (Wildman–Crippen LogP) is 2.12. The summed E-state index contributed by atoms with van der Waals surface area (Å²) in [5.74, 6) is -1.06. The Morgan fingerprint density at radius 3 is 2.54 bits per heavy atom. The zero-order valence-electron chi connectivity index (χ0n) is 13.0. The second-order valence-electron chi connectivity index (χ2n) is 5.52. The van der Waals surface area contributed by atoms with Gasteiger partial charge in [-0.25, -0.2) is 8.42 Å². The van der Waals surface area contributed by atoms with E-state index in [0.717, 1.165) is 12.1 Å². The summed E-state index contributed by atoms with van der Waals surface area (Å²) in [6.45, 7) is 1.38. The highest BCUT2D eigenvalue weighted by atomic mass is 32.2. The van der Waals surface area contributed by atoms with Crippen LogP contribution in [-0.2, 0) is 20.8 Å². The molecule has 1 heterocycles. The lowest BCUT2D eigenvalue weighted by Crippen LogP contribution is -2.43. The summed E-state index contributed by atoms with van der Waals surface area (Å²) in [6.07, 6.45) is -4.25. The summed E-state index contributed by atoms with van der Waals surface area (Å²) < 4.78 is 66.8. The second kappa shape index (κ2) is 7.00. The van der Waals surface area contributed by atoms with Gasteiger partial charge in [-0.3, -0.25) is 4.79 Å². The molecule has 9 heteroatoms. The molecule has 1 saturated heterocycles. The maximum atomic E-state index is 12.9. The van der Waals surface area contributed by atoms with Gasteiger partial charge in [0.2, 0.25) is 0 Å². The normalized spacial score (nSPS) is 19.9. The summed E-state index contributed by atoms with van der Waals surface area (Å²) >= 11 is 0. The predicted molar refractivity (Wildman–Crippen MR) is 81.4 cm³/mol. The summed E-state index contributed by atoms with van der Waals surface area (Å²) in [7, 11) is -3.16.